The second kappa shape index (κ2) is 8.58. The number of ether oxygens (including phenoxy) is 2. The number of quaternary nitrogens is 1. The van der Waals surface area contributed by atoms with Crippen molar-refractivity contribution >= 4 is 17.6 Å². The van der Waals surface area contributed by atoms with Gasteiger partial charge < -0.3 is 19.7 Å². The number of carbonyl (C=O) groups excluding carboxylic acids is 2. The molecule has 1 aliphatic rings. The van der Waals surface area contributed by atoms with Crippen LogP contribution in [-0.4, -0.2) is 45.2 Å². The van der Waals surface area contributed by atoms with Crippen molar-refractivity contribution in [2.24, 2.45) is 5.92 Å². The summed E-state index contributed by atoms with van der Waals surface area (Å²) in [6.07, 6.45) is 1.41. The summed E-state index contributed by atoms with van der Waals surface area (Å²) < 4.78 is 33.1. The number of hydrogen-bond acceptors (Lipinski definition) is 4. The zero-order valence-electron chi connectivity index (χ0n) is 13.4. The minimum absolute atomic E-state index is 0.0403. The van der Waals surface area contributed by atoms with Gasteiger partial charge in [-0.1, -0.05) is 0 Å². The second-order valence-electron chi connectivity index (χ2n) is 5.68. The van der Waals surface area contributed by atoms with Crippen LogP contribution in [0.4, 0.5) is 14.5 Å². The lowest BCUT2D eigenvalue weighted by Gasteiger charge is -2.27. The van der Waals surface area contributed by atoms with Gasteiger partial charge in [0, 0.05) is 18.5 Å². The first-order chi connectivity index (χ1) is 11.5. The highest BCUT2D eigenvalue weighted by Crippen LogP contribution is 2.17. The zero-order chi connectivity index (χ0) is 17.5. The smallest absolute Gasteiger partial charge is 0.387 e. The Kier molecular flexibility index (Phi) is 6.48. The van der Waals surface area contributed by atoms with Crippen LogP contribution < -0.4 is 15.0 Å². The SMILES string of the molecule is COC(=O)C1CC[NH+](CC(=O)Nc2ccc(OC(F)F)cc2)CC1. The van der Waals surface area contributed by atoms with Gasteiger partial charge in [0.15, 0.2) is 6.54 Å². The molecule has 8 heteroatoms. The van der Waals surface area contributed by atoms with Crippen molar-refractivity contribution in [3.63, 3.8) is 0 Å². The maximum atomic E-state index is 12.1. The largest absolute Gasteiger partial charge is 0.469 e. The van der Waals surface area contributed by atoms with E-state index in [1.54, 1.807) is 0 Å². The molecule has 1 aliphatic heterocycles. The van der Waals surface area contributed by atoms with Gasteiger partial charge in [0.25, 0.3) is 5.91 Å². The highest BCUT2D eigenvalue weighted by Gasteiger charge is 2.28. The molecule has 0 spiro atoms. The van der Waals surface area contributed by atoms with Gasteiger partial charge in [-0.25, -0.2) is 0 Å². The van der Waals surface area contributed by atoms with E-state index in [2.05, 4.69) is 10.1 Å². The van der Waals surface area contributed by atoms with E-state index in [-0.39, 0.29) is 23.5 Å². The Labute approximate surface area is 138 Å². The Morgan fingerprint density at radius 2 is 1.88 bits per heavy atom. The predicted octanol–water partition coefficient (Wildman–Crippen LogP) is 0.694. The van der Waals surface area contributed by atoms with Gasteiger partial charge >= 0.3 is 12.6 Å². The molecule has 1 saturated heterocycles. The lowest BCUT2D eigenvalue weighted by Crippen LogP contribution is -3.14. The van der Waals surface area contributed by atoms with Crippen molar-refractivity contribution in [3.05, 3.63) is 24.3 Å². The van der Waals surface area contributed by atoms with Gasteiger partial charge in [-0.15, -0.1) is 0 Å². The van der Waals surface area contributed by atoms with Crippen molar-refractivity contribution in [2.45, 2.75) is 19.5 Å². The Balaban J connectivity index is 1.76. The topological polar surface area (TPSA) is 69.1 Å². The van der Waals surface area contributed by atoms with Crippen molar-refractivity contribution in [1.82, 2.24) is 0 Å². The van der Waals surface area contributed by atoms with E-state index in [9.17, 15) is 18.4 Å². The molecule has 0 aliphatic carbocycles. The fraction of sp³-hybridized carbons (Fsp3) is 0.500. The van der Waals surface area contributed by atoms with Crippen LogP contribution in [0.1, 0.15) is 12.8 Å². The van der Waals surface area contributed by atoms with Gasteiger partial charge in [0.1, 0.15) is 5.75 Å². The molecule has 1 fully saturated rings. The lowest BCUT2D eigenvalue weighted by atomic mass is 9.97. The monoisotopic (exact) mass is 343 g/mol. The summed E-state index contributed by atoms with van der Waals surface area (Å²) in [5, 5.41) is 2.72. The second-order valence-corrected chi connectivity index (χ2v) is 5.68. The summed E-state index contributed by atoms with van der Waals surface area (Å²) in [5.41, 5.74) is 0.519. The first kappa shape index (κ1) is 18.1. The van der Waals surface area contributed by atoms with E-state index in [4.69, 9.17) is 4.74 Å². The summed E-state index contributed by atoms with van der Waals surface area (Å²) in [4.78, 5) is 24.6. The molecular weight excluding hydrogens is 322 g/mol. The van der Waals surface area contributed by atoms with Gasteiger partial charge in [-0.3, -0.25) is 9.59 Å². The van der Waals surface area contributed by atoms with Crippen molar-refractivity contribution in [2.75, 3.05) is 32.1 Å². The van der Waals surface area contributed by atoms with Gasteiger partial charge in [-0.05, 0) is 24.3 Å². The maximum Gasteiger partial charge on any atom is 0.387 e. The molecule has 1 heterocycles. The molecule has 0 bridgehead atoms. The summed E-state index contributed by atoms with van der Waals surface area (Å²) in [5.74, 6) is -0.392. The van der Waals surface area contributed by atoms with Crippen LogP contribution in [0.15, 0.2) is 24.3 Å². The van der Waals surface area contributed by atoms with E-state index in [1.807, 2.05) is 0 Å². The normalized spacial score (nSPS) is 20.5. The molecule has 1 aromatic carbocycles. The van der Waals surface area contributed by atoms with Crippen LogP contribution in [0.2, 0.25) is 0 Å². The average molecular weight is 343 g/mol. The minimum atomic E-state index is -2.87. The van der Waals surface area contributed by atoms with Crippen LogP contribution in [0.3, 0.4) is 0 Å². The van der Waals surface area contributed by atoms with Crippen LogP contribution in [0.25, 0.3) is 0 Å². The third kappa shape index (κ3) is 5.45. The number of rotatable bonds is 6. The molecule has 0 saturated carbocycles. The molecule has 1 aromatic rings. The fourth-order valence-corrected chi connectivity index (χ4v) is 2.76. The molecular formula is C16H21F2N2O4+. The number of esters is 1. The van der Waals surface area contributed by atoms with E-state index in [0.29, 0.717) is 25.1 Å². The first-order valence-electron chi connectivity index (χ1n) is 7.74. The molecule has 0 unspecified atom stereocenters. The Morgan fingerprint density at radius 1 is 1.25 bits per heavy atom. The molecule has 1 amide bonds. The summed E-state index contributed by atoms with van der Waals surface area (Å²) in [6.45, 7) is -1.12. The number of likely N-dealkylation sites (tertiary alicyclic amines) is 1. The minimum Gasteiger partial charge on any atom is -0.469 e. The molecule has 6 nitrogen and oxygen atoms in total. The molecule has 2 rings (SSSR count). The number of hydrogen-bond donors (Lipinski definition) is 2. The van der Waals surface area contributed by atoms with Crippen molar-refractivity contribution in [1.29, 1.82) is 0 Å². The average Bonchev–Trinajstić information content (AvgIpc) is 2.56. The standard InChI is InChI=1S/C16H20F2N2O4/c1-23-15(22)11-6-8-20(9-7-11)10-14(21)19-12-2-4-13(5-3-12)24-16(17)18/h2-5,11,16H,6-10H2,1H3,(H,19,21)/p+1. The van der Waals surface area contributed by atoms with Gasteiger partial charge in [0.05, 0.1) is 26.1 Å². The van der Waals surface area contributed by atoms with E-state index < -0.39 is 6.61 Å². The Morgan fingerprint density at radius 3 is 2.42 bits per heavy atom. The molecule has 0 aromatic heterocycles. The Bertz CT molecular complexity index is 558. The van der Waals surface area contributed by atoms with Crippen LogP contribution in [0, 0.1) is 5.92 Å². The highest BCUT2D eigenvalue weighted by atomic mass is 19.3. The van der Waals surface area contributed by atoms with E-state index in [0.717, 1.165) is 18.0 Å². The van der Waals surface area contributed by atoms with Gasteiger partial charge in [-0.2, -0.15) is 8.78 Å². The molecule has 0 radical (unpaired) electrons. The zero-order valence-corrected chi connectivity index (χ0v) is 13.4. The van der Waals surface area contributed by atoms with Gasteiger partial charge in [0.2, 0.25) is 0 Å². The van der Waals surface area contributed by atoms with E-state index in [1.165, 1.54) is 31.4 Å². The number of methoxy groups -OCH3 is 1. The quantitative estimate of drug-likeness (QED) is 0.746. The highest BCUT2D eigenvalue weighted by molar-refractivity contribution is 5.91. The maximum absolute atomic E-state index is 12.1. The summed E-state index contributed by atoms with van der Waals surface area (Å²) in [7, 11) is 1.38. The predicted molar refractivity (Wildman–Crippen MR) is 82.0 cm³/mol. The third-order valence-electron chi connectivity index (χ3n) is 4.00. The molecule has 132 valence electrons. The number of anilines is 1. The summed E-state index contributed by atoms with van der Waals surface area (Å²) >= 11 is 0. The van der Waals surface area contributed by atoms with E-state index >= 15 is 0 Å². The number of carbonyl (C=O) groups is 2. The fourth-order valence-electron chi connectivity index (χ4n) is 2.76. The van der Waals surface area contributed by atoms with Crippen molar-refractivity contribution in [3.8, 4) is 5.75 Å². The van der Waals surface area contributed by atoms with Crippen molar-refractivity contribution < 1.29 is 32.7 Å². The molecule has 2 N–H and O–H groups in total. The number of alkyl halides is 2. The van der Waals surface area contributed by atoms with Crippen LogP contribution in [-0.2, 0) is 14.3 Å². The lowest BCUT2D eigenvalue weighted by molar-refractivity contribution is -0.897. The van der Waals surface area contributed by atoms with Crippen LogP contribution in [0.5, 0.6) is 5.75 Å². The Hall–Kier alpha value is -2.22. The number of benzene rings is 1. The number of halogens is 2. The third-order valence-corrected chi connectivity index (χ3v) is 4.00. The number of piperidine rings is 1. The molecule has 24 heavy (non-hydrogen) atoms. The number of nitrogens with one attached hydrogen (secondary N) is 2. The summed E-state index contributed by atoms with van der Waals surface area (Å²) in [6, 6.07) is 5.76. The first-order valence-corrected chi connectivity index (χ1v) is 7.74. The van der Waals surface area contributed by atoms with Crippen LogP contribution >= 0.6 is 0 Å². The molecule has 0 atom stereocenters. The number of amides is 1.